The third-order valence-corrected chi connectivity index (χ3v) is 6.19. The second-order valence-electron chi connectivity index (χ2n) is 8.61. The van der Waals surface area contributed by atoms with Crippen molar-refractivity contribution in [1.82, 2.24) is 5.32 Å². The lowest BCUT2D eigenvalue weighted by atomic mass is 9.88. The van der Waals surface area contributed by atoms with Crippen LogP contribution in [0.15, 0.2) is 42.5 Å². The number of ether oxygens (including phenoxy) is 2. The highest BCUT2D eigenvalue weighted by Gasteiger charge is 2.27. The second kappa shape index (κ2) is 12.8. The van der Waals surface area contributed by atoms with E-state index in [0.29, 0.717) is 38.0 Å². The molecule has 3 rings (SSSR count). The first-order chi connectivity index (χ1) is 16.9. The van der Waals surface area contributed by atoms with Crippen LogP contribution in [-0.2, 0) is 27.3 Å². The molecule has 0 aliphatic carbocycles. The van der Waals surface area contributed by atoms with E-state index in [1.807, 2.05) is 36.4 Å². The van der Waals surface area contributed by atoms with Crippen molar-refractivity contribution in [2.45, 2.75) is 58.4 Å². The number of carboxylic acid groups (broad SMARTS) is 1. The molecule has 0 aromatic heterocycles. The fourth-order valence-corrected chi connectivity index (χ4v) is 4.33. The third-order valence-electron chi connectivity index (χ3n) is 6.19. The van der Waals surface area contributed by atoms with Gasteiger partial charge in [0.25, 0.3) is 0 Å². The molecule has 8 nitrogen and oxygen atoms in total. The molecule has 8 heteroatoms. The van der Waals surface area contributed by atoms with Gasteiger partial charge in [-0.2, -0.15) is 0 Å². The van der Waals surface area contributed by atoms with E-state index in [-0.39, 0.29) is 24.9 Å². The third kappa shape index (κ3) is 7.73. The maximum absolute atomic E-state index is 12.2. The van der Waals surface area contributed by atoms with Crippen LogP contribution in [-0.4, -0.2) is 42.8 Å². The minimum absolute atomic E-state index is 0.0391. The molecule has 0 saturated heterocycles. The van der Waals surface area contributed by atoms with Crippen LogP contribution in [0.4, 0.5) is 10.5 Å². The zero-order valence-electron chi connectivity index (χ0n) is 20.4. The lowest BCUT2D eigenvalue weighted by Gasteiger charge is -2.27. The summed E-state index contributed by atoms with van der Waals surface area (Å²) in [5.41, 5.74) is 3.85. The second-order valence-corrected chi connectivity index (χ2v) is 8.61. The number of esters is 1. The largest absolute Gasteiger partial charge is 0.481 e. The summed E-state index contributed by atoms with van der Waals surface area (Å²) >= 11 is 0. The molecule has 1 atom stereocenters. The fraction of sp³-hybridized carbons (Fsp3) is 0.444. The van der Waals surface area contributed by atoms with Gasteiger partial charge in [0.05, 0.1) is 13.0 Å². The van der Waals surface area contributed by atoms with Crippen LogP contribution in [0.1, 0.15) is 62.1 Å². The number of carboxylic acids is 1. The quantitative estimate of drug-likeness (QED) is 0.258. The first kappa shape index (κ1) is 26.1. The maximum Gasteiger partial charge on any atom is 0.407 e. The van der Waals surface area contributed by atoms with E-state index in [0.717, 1.165) is 35.5 Å². The van der Waals surface area contributed by atoms with E-state index in [1.165, 1.54) is 0 Å². The van der Waals surface area contributed by atoms with Crippen molar-refractivity contribution in [2.24, 2.45) is 0 Å². The van der Waals surface area contributed by atoms with Crippen LogP contribution in [0.2, 0.25) is 0 Å². The number of fused-ring (bicyclic) bond motifs is 1. The number of aliphatic carboxylic acids is 1. The predicted octanol–water partition coefficient (Wildman–Crippen LogP) is 4.65. The molecule has 0 spiro atoms. The number of benzene rings is 2. The van der Waals surface area contributed by atoms with Gasteiger partial charge in [-0.25, -0.2) is 4.79 Å². The van der Waals surface area contributed by atoms with E-state index in [4.69, 9.17) is 14.6 Å². The SMILES string of the molecule is CCN(CC)c1ccc2c(c1)OC(=O)CC2CCCOC(=O)NCc1cccc(CCC(=O)O)c1. The average Bonchev–Trinajstić information content (AvgIpc) is 2.84. The Hall–Kier alpha value is -3.55. The predicted molar refractivity (Wildman–Crippen MR) is 133 cm³/mol. The summed E-state index contributed by atoms with van der Waals surface area (Å²) in [6, 6.07) is 13.5. The molecule has 1 aliphatic heterocycles. The molecule has 2 N–H and O–H groups in total. The van der Waals surface area contributed by atoms with Gasteiger partial charge >= 0.3 is 18.0 Å². The number of nitrogens with zero attached hydrogens (tertiary/aromatic N) is 1. The van der Waals surface area contributed by atoms with Gasteiger partial charge < -0.3 is 24.8 Å². The van der Waals surface area contributed by atoms with Crippen molar-refractivity contribution in [1.29, 1.82) is 0 Å². The zero-order chi connectivity index (χ0) is 25.2. The van der Waals surface area contributed by atoms with Crippen LogP contribution < -0.4 is 15.0 Å². The first-order valence-electron chi connectivity index (χ1n) is 12.2. The molecule has 0 radical (unpaired) electrons. The van der Waals surface area contributed by atoms with E-state index in [9.17, 15) is 14.4 Å². The monoisotopic (exact) mass is 482 g/mol. The Bertz CT molecular complexity index is 1030. The first-order valence-corrected chi connectivity index (χ1v) is 12.2. The lowest BCUT2D eigenvalue weighted by Crippen LogP contribution is -2.25. The summed E-state index contributed by atoms with van der Waals surface area (Å²) in [5, 5.41) is 11.5. The summed E-state index contributed by atoms with van der Waals surface area (Å²) in [5.74, 6) is -0.407. The number of carbonyl (C=O) groups is 3. The molecule has 1 aliphatic rings. The number of hydrogen-bond donors (Lipinski definition) is 2. The number of alkyl carbamates (subject to hydrolysis) is 1. The number of aryl methyl sites for hydroxylation is 1. The summed E-state index contributed by atoms with van der Waals surface area (Å²) in [4.78, 5) is 37.2. The topological polar surface area (TPSA) is 105 Å². The zero-order valence-corrected chi connectivity index (χ0v) is 20.4. The number of carbonyl (C=O) groups excluding carboxylic acids is 2. The molecule has 188 valence electrons. The lowest BCUT2D eigenvalue weighted by molar-refractivity contribution is -0.137. The van der Waals surface area contributed by atoms with Crippen LogP contribution >= 0.6 is 0 Å². The summed E-state index contributed by atoms with van der Waals surface area (Å²) in [6.07, 6.45) is 1.68. The maximum atomic E-state index is 12.2. The Labute approximate surface area is 206 Å². The Morgan fingerprint density at radius 1 is 1.14 bits per heavy atom. The van der Waals surface area contributed by atoms with E-state index in [2.05, 4.69) is 30.1 Å². The normalized spacial score (nSPS) is 14.6. The van der Waals surface area contributed by atoms with Crippen molar-refractivity contribution < 1.29 is 29.0 Å². The number of hydrogen-bond acceptors (Lipinski definition) is 6. The fourth-order valence-electron chi connectivity index (χ4n) is 4.33. The number of nitrogens with one attached hydrogen (secondary N) is 1. The smallest absolute Gasteiger partial charge is 0.407 e. The van der Waals surface area contributed by atoms with Crippen LogP contribution in [0.5, 0.6) is 5.75 Å². The van der Waals surface area contributed by atoms with Crippen molar-refractivity contribution in [2.75, 3.05) is 24.6 Å². The van der Waals surface area contributed by atoms with Gasteiger partial charge in [-0.05, 0) is 61.8 Å². The number of rotatable bonds is 12. The highest BCUT2D eigenvalue weighted by atomic mass is 16.5. The molecule has 0 saturated carbocycles. The summed E-state index contributed by atoms with van der Waals surface area (Å²) < 4.78 is 10.8. The van der Waals surface area contributed by atoms with Gasteiger partial charge in [0.15, 0.2) is 0 Å². The summed E-state index contributed by atoms with van der Waals surface area (Å²) in [7, 11) is 0. The van der Waals surface area contributed by atoms with E-state index in [1.54, 1.807) is 0 Å². The Morgan fingerprint density at radius 2 is 1.91 bits per heavy atom. The van der Waals surface area contributed by atoms with Crippen molar-refractivity contribution in [3.8, 4) is 5.75 Å². The van der Waals surface area contributed by atoms with Crippen LogP contribution in [0, 0.1) is 0 Å². The molecule has 2 aromatic carbocycles. The molecule has 2 aromatic rings. The molecule has 0 fully saturated rings. The molecular formula is C27H34N2O6. The number of amides is 1. The average molecular weight is 483 g/mol. The number of anilines is 1. The molecular weight excluding hydrogens is 448 g/mol. The van der Waals surface area contributed by atoms with Gasteiger partial charge in [-0.15, -0.1) is 0 Å². The minimum atomic E-state index is -0.838. The van der Waals surface area contributed by atoms with Crippen LogP contribution in [0.3, 0.4) is 0 Å². The highest BCUT2D eigenvalue weighted by Crippen LogP contribution is 2.39. The van der Waals surface area contributed by atoms with E-state index >= 15 is 0 Å². The molecule has 0 bridgehead atoms. The molecule has 1 amide bonds. The summed E-state index contributed by atoms with van der Waals surface area (Å²) in [6.45, 7) is 6.49. The Balaban J connectivity index is 1.45. The molecule has 1 unspecified atom stereocenters. The van der Waals surface area contributed by atoms with Gasteiger partial charge in [0.1, 0.15) is 5.75 Å². The van der Waals surface area contributed by atoms with Crippen molar-refractivity contribution >= 4 is 23.7 Å². The van der Waals surface area contributed by atoms with Gasteiger partial charge in [0.2, 0.25) is 0 Å². The minimum Gasteiger partial charge on any atom is -0.481 e. The Kier molecular flexibility index (Phi) is 9.52. The van der Waals surface area contributed by atoms with Gasteiger partial charge in [-0.1, -0.05) is 30.3 Å². The van der Waals surface area contributed by atoms with Gasteiger partial charge in [0, 0.05) is 37.8 Å². The Morgan fingerprint density at radius 3 is 2.66 bits per heavy atom. The molecule has 35 heavy (non-hydrogen) atoms. The molecule has 1 heterocycles. The van der Waals surface area contributed by atoms with Crippen molar-refractivity contribution in [3.63, 3.8) is 0 Å². The van der Waals surface area contributed by atoms with Crippen molar-refractivity contribution in [3.05, 3.63) is 59.2 Å². The standard InChI is InChI=1S/C27H34N2O6/c1-3-29(4-2)22-11-12-23-21(16-26(32)35-24(23)17-22)9-6-14-34-27(33)28-18-20-8-5-7-19(15-20)10-13-25(30)31/h5,7-8,11-12,15,17,21H,3-4,6,9-10,13-14,16,18H2,1-2H3,(H,28,33)(H,30,31). The van der Waals surface area contributed by atoms with E-state index < -0.39 is 12.1 Å². The highest BCUT2D eigenvalue weighted by molar-refractivity contribution is 5.77. The van der Waals surface area contributed by atoms with Gasteiger partial charge in [-0.3, -0.25) is 9.59 Å². The van der Waals surface area contributed by atoms with Crippen LogP contribution in [0.25, 0.3) is 0 Å².